The summed E-state index contributed by atoms with van der Waals surface area (Å²) in [4.78, 5) is 16.5. The highest BCUT2D eigenvalue weighted by Gasteiger charge is 2.44. The minimum absolute atomic E-state index is 0.232. The lowest BCUT2D eigenvalue weighted by Crippen LogP contribution is -2.50. The molecular weight excluding hydrogens is 268 g/mol. The topological polar surface area (TPSA) is 32.3 Å². The highest BCUT2D eigenvalue weighted by molar-refractivity contribution is 7.10. The maximum Gasteiger partial charge on any atom is 0.234 e. The van der Waals surface area contributed by atoms with Gasteiger partial charge in [0.15, 0.2) is 0 Å². The van der Waals surface area contributed by atoms with Crippen molar-refractivity contribution < 1.29 is 4.79 Å². The predicted octanol–water partition coefficient (Wildman–Crippen LogP) is 2.77. The van der Waals surface area contributed by atoms with Gasteiger partial charge in [-0.15, -0.1) is 11.3 Å². The smallest absolute Gasteiger partial charge is 0.234 e. The average Bonchev–Trinajstić information content (AvgIpc) is 3.19. The van der Waals surface area contributed by atoms with Crippen molar-refractivity contribution in [3.05, 3.63) is 22.4 Å². The summed E-state index contributed by atoms with van der Waals surface area (Å²) in [5.74, 6) is 0.355. The monoisotopic (exact) mass is 292 g/mol. The second kappa shape index (κ2) is 5.86. The van der Waals surface area contributed by atoms with E-state index in [1.165, 1.54) is 24.1 Å². The Bertz CT molecular complexity index is 445. The molecule has 1 N–H and O–H groups in total. The highest BCUT2D eigenvalue weighted by Crippen LogP contribution is 2.43. The molecule has 110 valence electrons. The van der Waals surface area contributed by atoms with Crippen LogP contribution in [0.25, 0.3) is 0 Å². The first kappa shape index (κ1) is 14.1. The Morgan fingerprint density at radius 2 is 2.20 bits per heavy atom. The van der Waals surface area contributed by atoms with Gasteiger partial charge >= 0.3 is 0 Å². The molecule has 1 aromatic heterocycles. The van der Waals surface area contributed by atoms with E-state index in [0.29, 0.717) is 11.9 Å². The van der Waals surface area contributed by atoms with Crippen LogP contribution in [0, 0.1) is 0 Å². The molecule has 0 aromatic carbocycles. The van der Waals surface area contributed by atoms with Gasteiger partial charge in [-0.05, 0) is 37.3 Å². The van der Waals surface area contributed by atoms with Crippen LogP contribution in [0.1, 0.15) is 43.4 Å². The summed E-state index contributed by atoms with van der Waals surface area (Å²) in [6.45, 7) is 1.98. The molecule has 1 aromatic rings. The summed E-state index contributed by atoms with van der Waals surface area (Å²) >= 11 is 1.75. The third-order valence-electron chi connectivity index (χ3n) is 5.01. The van der Waals surface area contributed by atoms with Gasteiger partial charge in [-0.25, -0.2) is 0 Å². The van der Waals surface area contributed by atoms with Gasteiger partial charge in [0.2, 0.25) is 5.91 Å². The van der Waals surface area contributed by atoms with Gasteiger partial charge in [-0.2, -0.15) is 0 Å². The van der Waals surface area contributed by atoms with E-state index >= 15 is 0 Å². The second-order valence-corrected chi connectivity index (χ2v) is 7.13. The molecule has 0 radical (unpaired) electrons. The van der Waals surface area contributed by atoms with Gasteiger partial charge in [0, 0.05) is 24.5 Å². The van der Waals surface area contributed by atoms with Crippen molar-refractivity contribution in [1.29, 1.82) is 0 Å². The van der Waals surface area contributed by atoms with E-state index < -0.39 is 0 Å². The lowest BCUT2D eigenvalue weighted by atomic mass is 9.71. The quantitative estimate of drug-likeness (QED) is 0.929. The Morgan fingerprint density at radius 1 is 1.40 bits per heavy atom. The number of rotatable bonds is 3. The van der Waals surface area contributed by atoms with Crippen LogP contribution in [0.3, 0.4) is 0 Å². The number of hydrogen-bond donors (Lipinski definition) is 1. The van der Waals surface area contributed by atoms with Crippen LogP contribution < -0.4 is 5.32 Å². The number of thiophene rings is 1. The van der Waals surface area contributed by atoms with E-state index in [1.54, 1.807) is 11.3 Å². The molecule has 2 heterocycles. The van der Waals surface area contributed by atoms with Crippen LogP contribution in [0.4, 0.5) is 0 Å². The first-order chi connectivity index (χ1) is 9.74. The summed E-state index contributed by atoms with van der Waals surface area (Å²) in [5.41, 5.74) is -0.232. The molecule has 0 bridgehead atoms. The van der Waals surface area contributed by atoms with Crippen LogP contribution in [-0.2, 0) is 10.2 Å². The van der Waals surface area contributed by atoms with Gasteiger partial charge in [0.1, 0.15) is 0 Å². The van der Waals surface area contributed by atoms with Crippen molar-refractivity contribution in [2.45, 2.75) is 50.0 Å². The third-order valence-corrected chi connectivity index (χ3v) is 6.09. The molecule has 0 spiro atoms. The van der Waals surface area contributed by atoms with Crippen LogP contribution in [0.2, 0.25) is 0 Å². The number of amides is 1. The summed E-state index contributed by atoms with van der Waals surface area (Å²) in [7, 11) is 2.00. The molecule has 2 fully saturated rings. The van der Waals surface area contributed by atoms with Crippen LogP contribution in [-0.4, -0.2) is 37.0 Å². The van der Waals surface area contributed by atoms with Gasteiger partial charge in [0.05, 0.1) is 5.41 Å². The summed E-state index contributed by atoms with van der Waals surface area (Å²) in [6, 6.07) is 4.62. The second-order valence-electron chi connectivity index (χ2n) is 6.18. The van der Waals surface area contributed by atoms with Gasteiger partial charge in [-0.3, -0.25) is 4.79 Å². The van der Waals surface area contributed by atoms with E-state index in [-0.39, 0.29) is 5.41 Å². The zero-order chi connectivity index (χ0) is 14.0. The minimum atomic E-state index is -0.232. The van der Waals surface area contributed by atoms with Gasteiger partial charge in [0.25, 0.3) is 0 Å². The molecule has 1 unspecified atom stereocenters. The van der Waals surface area contributed by atoms with Crippen LogP contribution >= 0.6 is 11.3 Å². The van der Waals surface area contributed by atoms with E-state index in [2.05, 4.69) is 22.8 Å². The maximum atomic E-state index is 13.2. The first-order valence-corrected chi connectivity index (χ1v) is 8.64. The molecule has 1 aliphatic heterocycles. The molecule has 20 heavy (non-hydrogen) atoms. The minimum Gasteiger partial charge on any atom is -0.341 e. The summed E-state index contributed by atoms with van der Waals surface area (Å²) < 4.78 is 0. The molecule has 1 aliphatic carbocycles. The zero-order valence-electron chi connectivity index (χ0n) is 12.2. The Labute approximate surface area is 125 Å². The molecule has 4 heteroatoms. The fourth-order valence-electron chi connectivity index (χ4n) is 3.75. The largest absolute Gasteiger partial charge is 0.341 e. The van der Waals surface area contributed by atoms with Crippen molar-refractivity contribution in [3.8, 4) is 0 Å². The average molecular weight is 292 g/mol. The van der Waals surface area contributed by atoms with E-state index in [0.717, 1.165) is 32.4 Å². The molecule has 2 aliphatic rings. The van der Waals surface area contributed by atoms with Crippen molar-refractivity contribution >= 4 is 17.2 Å². The number of hydrogen-bond acceptors (Lipinski definition) is 3. The lowest BCUT2D eigenvalue weighted by molar-refractivity contribution is -0.139. The van der Waals surface area contributed by atoms with Crippen LogP contribution in [0.15, 0.2) is 17.5 Å². The third kappa shape index (κ3) is 2.40. The molecule has 1 saturated carbocycles. The van der Waals surface area contributed by atoms with Gasteiger partial charge < -0.3 is 10.2 Å². The number of likely N-dealkylation sites (N-methyl/N-ethyl adjacent to an activating group) is 1. The Kier molecular flexibility index (Phi) is 4.13. The van der Waals surface area contributed by atoms with E-state index in [1.807, 2.05) is 11.9 Å². The predicted molar refractivity (Wildman–Crippen MR) is 83.1 cm³/mol. The lowest BCUT2D eigenvalue weighted by Gasteiger charge is -2.40. The highest BCUT2D eigenvalue weighted by atomic mass is 32.1. The van der Waals surface area contributed by atoms with Gasteiger partial charge in [-0.1, -0.05) is 25.3 Å². The maximum absolute atomic E-state index is 13.2. The molecule has 3 nitrogen and oxygen atoms in total. The summed E-state index contributed by atoms with van der Waals surface area (Å²) in [5, 5.41) is 5.47. The first-order valence-electron chi connectivity index (χ1n) is 7.76. The van der Waals surface area contributed by atoms with Crippen molar-refractivity contribution in [3.63, 3.8) is 0 Å². The molecule has 1 atom stereocenters. The Balaban J connectivity index is 1.87. The normalized spacial score (nSPS) is 25.6. The van der Waals surface area contributed by atoms with Crippen molar-refractivity contribution in [2.75, 3.05) is 20.1 Å². The molecule has 3 rings (SSSR count). The standard InChI is InChI=1S/C16H24N2OS/c1-18(13-7-10-17-12-13)15(19)16(8-3-2-4-9-16)14-6-5-11-20-14/h5-6,11,13,17H,2-4,7-10,12H2,1H3. The van der Waals surface area contributed by atoms with E-state index in [4.69, 9.17) is 0 Å². The summed E-state index contributed by atoms with van der Waals surface area (Å²) in [6.07, 6.45) is 6.77. The number of nitrogens with zero attached hydrogens (tertiary/aromatic N) is 1. The number of nitrogens with one attached hydrogen (secondary N) is 1. The Morgan fingerprint density at radius 3 is 2.80 bits per heavy atom. The molecule has 1 saturated heterocycles. The molecular formula is C16H24N2OS. The van der Waals surface area contributed by atoms with E-state index in [9.17, 15) is 4.79 Å². The fourth-order valence-corrected chi connectivity index (χ4v) is 4.72. The van der Waals surface area contributed by atoms with Crippen LogP contribution in [0.5, 0.6) is 0 Å². The SMILES string of the molecule is CN(C(=O)C1(c2cccs2)CCCCC1)C1CCNC1. The zero-order valence-corrected chi connectivity index (χ0v) is 13.0. The number of carbonyl (C=O) groups is 1. The van der Waals surface area contributed by atoms with Crippen molar-refractivity contribution in [2.24, 2.45) is 0 Å². The van der Waals surface area contributed by atoms with Crippen molar-refractivity contribution in [1.82, 2.24) is 10.2 Å². The number of carbonyl (C=O) groups excluding carboxylic acids is 1. The Hall–Kier alpha value is -0.870. The fraction of sp³-hybridized carbons (Fsp3) is 0.688. The molecule has 1 amide bonds.